The predicted molar refractivity (Wildman–Crippen MR) is 134 cm³/mol. The second kappa shape index (κ2) is 10.3. The maximum Gasteiger partial charge on any atom is 0.420 e. The van der Waals surface area contributed by atoms with Gasteiger partial charge in [-0.15, -0.1) is 0 Å². The molecule has 3 aromatic rings. The molecule has 0 unspecified atom stereocenters. The third-order valence-electron chi connectivity index (χ3n) is 4.91. The Morgan fingerprint density at radius 3 is 2.50 bits per heavy atom. The summed E-state index contributed by atoms with van der Waals surface area (Å²) in [5, 5.41) is 3.64. The van der Waals surface area contributed by atoms with Gasteiger partial charge in [0, 0.05) is 33.9 Å². The van der Waals surface area contributed by atoms with E-state index in [0.717, 1.165) is 10.0 Å². The molecule has 0 aliphatic carbocycles. The minimum absolute atomic E-state index is 0.268. The van der Waals surface area contributed by atoms with E-state index in [2.05, 4.69) is 26.2 Å². The molecule has 34 heavy (non-hydrogen) atoms. The van der Waals surface area contributed by atoms with Gasteiger partial charge in [0.2, 0.25) is 5.91 Å². The number of nitrogens with zero attached hydrogens (tertiary/aromatic N) is 2. The number of carbonyl (C=O) groups excluding carboxylic acids is 2. The van der Waals surface area contributed by atoms with E-state index in [9.17, 15) is 9.59 Å². The van der Waals surface area contributed by atoms with Crippen LogP contribution in [0.15, 0.2) is 47.2 Å². The number of ether oxygens (including phenoxy) is 3. The van der Waals surface area contributed by atoms with E-state index in [1.165, 1.54) is 10.6 Å². The Hall–Kier alpha value is -3.33. The highest BCUT2D eigenvalue weighted by Gasteiger charge is 2.21. The smallest absolute Gasteiger partial charge is 0.420 e. The molecule has 0 spiro atoms. The Morgan fingerprint density at radius 2 is 1.85 bits per heavy atom. The Morgan fingerprint density at radius 1 is 1.15 bits per heavy atom. The van der Waals surface area contributed by atoms with Gasteiger partial charge in [0.05, 0.1) is 20.3 Å². The van der Waals surface area contributed by atoms with Crippen molar-refractivity contribution in [3.05, 3.63) is 58.3 Å². The molecule has 8 nitrogen and oxygen atoms in total. The molecule has 9 heteroatoms. The normalized spacial score (nSPS) is 12.6. The van der Waals surface area contributed by atoms with E-state index in [0.29, 0.717) is 28.1 Å². The number of amides is 1. The van der Waals surface area contributed by atoms with Gasteiger partial charge in [-0.25, -0.2) is 14.3 Å². The molecule has 1 amide bonds. The van der Waals surface area contributed by atoms with Crippen LogP contribution in [0.25, 0.3) is 17.1 Å². The summed E-state index contributed by atoms with van der Waals surface area (Å²) < 4.78 is 18.2. The Kier molecular flexibility index (Phi) is 7.66. The molecule has 0 saturated carbocycles. The fourth-order valence-electron chi connectivity index (χ4n) is 3.32. The van der Waals surface area contributed by atoms with Crippen LogP contribution in [-0.2, 0) is 9.53 Å². The van der Waals surface area contributed by atoms with Crippen LogP contribution in [0.3, 0.4) is 0 Å². The van der Waals surface area contributed by atoms with Crippen LogP contribution in [-0.4, -0.2) is 41.4 Å². The number of fused-ring (bicyclic) bond motifs is 1. The maximum atomic E-state index is 12.7. The van der Waals surface area contributed by atoms with Gasteiger partial charge in [0.25, 0.3) is 0 Å². The van der Waals surface area contributed by atoms with E-state index in [1.54, 1.807) is 59.5 Å². The van der Waals surface area contributed by atoms with E-state index >= 15 is 0 Å². The second-order valence-electron chi connectivity index (χ2n) is 8.64. The fraction of sp³-hybridized carbons (Fsp3) is 0.320. The van der Waals surface area contributed by atoms with Crippen molar-refractivity contribution in [1.29, 1.82) is 0 Å². The summed E-state index contributed by atoms with van der Waals surface area (Å²) >= 11 is 3.41. The number of hydrogen-bond donors (Lipinski definition) is 1. The lowest BCUT2D eigenvalue weighted by atomic mass is 10.1. The average Bonchev–Trinajstić information content (AvgIpc) is 3.13. The van der Waals surface area contributed by atoms with Crippen LogP contribution < -0.4 is 14.8 Å². The minimum Gasteiger partial charge on any atom is -0.493 e. The highest BCUT2D eigenvalue weighted by molar-refractivity contribution is 9.10. The van der Waals surface area contributed by atoms with Gasteiger partial charge in [-0.2, -0.15) is 0 Å². The predicted octanol–water partition coefficient (Wildman–Crippen LogP) is 5.49. The van der Waals surface area contributed by atoms with Crippen LogP contribution in [0.1, 0.15) is 44.9 Å². The largest absolute Gasteiger partial charge is 0.493 e. The van der Waals surface area contributed by atoms with Crippen molar-refractivity contribution in [3.8, 4) is 11.5 Å². The first-order valence-corrected chi connectivity index (χ1v) is 11.4. The molecular weight excluding hydrogens is 502 g/mol. The van der Waals surface area contributed by atoms with Gasteiger partial charge in [-0.1, -0.05) is 6.07 Å². The van der Waals surface area contributed by atoms with Crippen LogP contribution in [0, 0.1) is 0 Å². The lowest BCUT2D eigenvalue weighted by Crippen LogP contribution is -2.26. The van der Waals surface area contributed by atoms with Crippen LogP contribution >= 0.6 is 15.9 Å². The molecule has 0 aliphatic rings. The Labute approximate surface area is 207 Å². The lowest BCUT2D eigenvalue weighted by Gasteiger charge is -2.19. The van der Waals surface area contributed by atoms with Gasteiger partial charge in [0.1, 0.15) is 11.2 Å². The number of methoxy groups -OCH3 is 2. The fourth-order valence-corrected chi connectivity index (χ4v) is 3.65. The Bertz CT molecular complexity index is 1240. The average molecular weight is 530 g/mol. The number of carbonyl (C=O) groups is 2. The summed E-state index contributed by atoms with van der Waals surface area (Å²) in [6.45, 7) is 7.27. The Balaban J connectivity index is 1.82. The quantitative estimate of drug-likeness (QED) is 0.424. The van der Waals surface area contributed by atoms with Gasteiger partial charge >= 0.3 is 6.09 Å². The van der Waals surface area contributed by atoms with E-state index in [4.69, 9.17) is 14.2 Å². The van der Waals surface area contributed by atoms with Gasteiger partial charge in [-0.05, 0) is 73.5 Å². The summed E-state index contributed by atoms with van der Waals surface area (Å²) in [5.41, 5.74) is 1.31. The van der Waals surface area contributed by atoms with Crippen molar-refractivity contribution in [3.63, 3.8) is 0 Å². The van der Waals surface area contributed by atoms with E-state index in [1.807, 2.05) is 25.1 Å². The molecule has 2 aromatic heterocycles. The molecule has 3 rings (SSSR count). The van der Waals surface area contributed by atoms with E-state index < -0.39 is 11.7 Å². The molecule has 0 bridgehead atoms. The zero-order valence-corrected chi connectivity index (χ0v) is 21.6. The third kappa shape index (κ3) is 5.96. The maximum absolute atomic E-state index is 12.7. The first-order chi connectivity index (χ1) is 16.0. The van der Waals surface area contributed by atoms with Crippen molar-refractivity contribution >= 4 is 45.0 Å². The summed E-state index contributed by atoms with van der Waals surface area (Å²) in [6, 6.07) is 7.06. The van der Waals surface area contributed by atoms with Crippen molar-refractivity contribution in [1.82, 2.24) is 14.9 Å². The topological polar surface area (TPSA) is 91.7 Å². The standard InChI is InChI=1S/C25H28BrN3O5/c1-15(16-7-9-20(32-5)21(11-16)33-6)28-22(30)10-8-17-14-29(24(31)34-25(2,3)4)23-19(17)12-18(26)13-27-23/h7-15H,1-6H3,(H,28,30)/b10-8+/t15-/m1/s1. The molecule has 1 N–H and O–H groups in total. The minimum atomic E-state index is -0.654. The molecule has 1 aromatic carbocycles. The van der Waals surface area contributed by atoms with Crippen molar-refractivity contribution in [2.24, 2.45) is 0 Å². The summed E-state index contributed by atoms with van der Waals surface area (Å²) in [7, 11) is 3.13. The summed E-state index contributed by atoms with van der Waals surface area (Å²) in [5.74, 6) is 0.916. The highest BCUT2D eigenvalue weighted by Crippen LogP contribution is 2.30. The summed E-state index contributed by atoms with van der Waals surface area (Å²) in [6.07, 6.45) is 5.74. The highest BCUT2D eigenvalue weighted by atomic mass is 79.9. The zero-order chi connectivity index (χ0) is 25.0. The molecular formula is C25H28BrN3O5. The van der Waals surface area contributed by atoms with Crippen molar-refractivity contribution < 1.29 is 23.8 Å². The van der Waals surface area contributed by atoms with Crippen LogP contribution in [0.2, 0.25) is 0 Å². The van der Waals surface area contributed by atoms with Gasteiger partial charge in [-0.3, -0.25) is 4.79 Å². The monoisotopic (exact) mass is 529 g/mol. The number of hydrogen-bond acceptors (Lipinski definition) is 6. The summed E-state index contributed by atoms with van der Waals surface area (Å²) in [4.78, 5) is 29.7. The second-order valence-corrected chi connectivity index (χ2v) is 9.55. The zero-order valence-electron chi connectivity index (χ0n) is 20.0. The number of rotatable bonds is 6. The van der Waals surface area contributed by atoms with Crippen molar-refractivity contribution in [2.45, 2.75) is 39.3 Å². The van der Waals surface area contributed by atoms with Crippen LogP contribution in [0.5, 0.6) is 11.5 Å². The molecule has 0 saturated heterocycles. The SMILES string of the molecule is COc1ccc([C@@H](C)NC(=O)/C=C/c2cn(C(=O)OC(C)(C)C)c3ncc(Br)cc23)cc1OC. The lowest BCUT2D eigenvalue weighted by molar-refractivity contribution is -0.117. The molecule has 180 valence electrons. The van der Waals surface area contributed by atoms with E-state index in [-0.39, 0.29) is 11.9 Å². The van der Waals surface area contributed by atoms with Gasteiger partial charge in [0.15, 0.2) is 11.5 Å². The molecule has 1 atom stereocenters. The van der Waals surface area contributed by atoms with Crippen molar-refractivity contribution in [2.75, 3.05) is 14.2 Å². The number of benzene rings is 1. The van der Waals surface area contributed by atoms with Crippen LogP contribution in [0.4, 0.5) is 4.79 Å². The molecule has 0 aliphatic heterocycles. The first-order valence-electron chi connectivity index (χ1n) is 10.6. The number of pyridine rings is 1. The molecule has 2 heterocycles. The molecule has 0 fully saturated rings. The van der Waals surface area contributed by atoms with Gasteiger partial charge < -0.3 is 19.5 Å². The first kappa shape index (κ1) is 25.3. The number of halogens is 1. The number of aromatic nitrogens is 2. The third-order valence-corrected chi connectivity index (χ3v) is 5.35. The molecule has 0 radical (unpaired) electrons. The number of nitrogens with one attached hydrogen (secondary N) is 1.